The van der Waals surface area contributed by atoms with Crippen LogP contribution in [0.2, 0.25) is 0 Å². The molecule has 1 fully saturated rings. The SMILES string of the molecule is C[C@H]1CCCCN1C(=O)/C=C/c1cn(-c2ccccc2)nc1-c1cccs1. The van der Waals surface area contributed by atoms with E-state index in [0.717, 1.165) is 41.2 Å². The molecule has 1 aromatic carbocycles. The van der Waals surface area contributed by atoms with Crippen molar-refractivity contribution in [2.45, 2.75) is 32.2 Å². The highest BCUT2D eigenvalue weighted by Gasteiger charge is 2.21. The summed E-state index contributed by atoms with van der Waals surface area (Å²) in [4.78, 5) is 15.7. The average molecular weight is 378 g/mol. The van der Waals surface area contributed by atoms with E-state index in [1.54, 1.807) is 17.4 Å². The maximum Gasteiger partial charge on any atom is 0.246 e. The molecule has 5 heteroatoms. The molecule has 27 heavy (non-hydrogen) atoms. The Hall–Kier alpha value is -2.66. The second kappa shape index (κ2) is 7.92. The number of nitrogens with zero attached hydrogens (tertiary/aromatic N) is 3. The first kappa shape index (κ1) is 17.7. The van der Waals surface area contributed by atoms with E-state index in [0.29, 0.717) is 6.04 Å². The molecular weight excluding hydrogens is 354 g/mol. The van der Waals surface area contributed by atoms with Crippen LogP contribution in [-0.4, -0.2) is 33.2 Å². The van der Waals surface area contributed by atoms with Gasteiger partial charge in [-0.25, -0.2) is 4.68 Å². The van der Waals surface area contributed by atoms with Crippen molar-refractivity contribution in [3.8, 4) is 16.3 Å². The van der Waals surface area contributed by atoms with Crippen LogP contribution in [0.25, 0.3) is 22.3 Å². The van der Waals surface area contributed by atoms with Gasteiger partial charge in [0.2, 0.25) is 5.91 Å². The molecular formula is C22H23N3OS. The fraction of sp³-hybridized carbons (Fsp3) is 0.273. The average Bonchev–Trinajstić information content (AvgIpc) is 3.37. The molecule has 0 spiro atoms. The summed E-state index contributed by atoms with van der Waals surface area (Å²) in [5, 5.41) is 6.83. The molecule has 0 saturated carbocycles. The summed E-state index contributed by atoms with van der Waals surface area (Å²) in [6.45, 7) is 2.99. The maximum atomic E-state index is 12.7. The van der Waals surface area contributed by atoms with Gasteiger partial charge in [0.15, 0.2) is 0 Å². The van der Waals surface area contributed by atoms with Gasteiger partial charge < -0.3 is 4.90 Å². The van der Waals surface area contributed by atoms with Crippen molar-refractivity contribution in [2.75, 3.05) is 6.54 Å². The summed E-state index contributed by atoms with van der Waals surface area (Å²) < 4.78 is 1.88. The molecule has 0 aliphatic carbocycles. The summed E-state index contributed by atoms with van der Waals surface area (Å²) in [5.41, 5.74) is 2.87. The van der Waals surface area contributed by atoms with E-state index in [-0.39, 0.29) is 5.91 Å². The molecule has 138 valence electrons. The molecule has 0 unspecified atom stereocenters. The lowest BCUT2D eigenvalue weighted by atomic mass is 10.0. The second-order valence-electron chi connectivity index (χ2n) is 6.90. The summed E-state index contributed by atoms with van der Waals surface area (Å²) >= 11 is 1.66. The normalized spacial score (nSPS) is 17.5. The lowest BCUT2D eigenvalue weighted by molar-refractivity contribution is -0.129. The molecule has 1 atom stereocenters. The summed E-state index contributed by atoms with van der Waals surface area (Å²) in [5.74, 6) is 0.0896. The van der Waals surface area contributed by atoms with Gasteiger partial charge in [0.25, 0.3) is 0 Å². The number of carbonyl (C=O) groups is 1. The molecule has 1 aliphatic rings. The van der Waals surface area contributed by atoms with Crippen LogP contribution in [0.3, 0.4) is 0 Å². The van der Waals surface area contributed by atoms with Gasteiger partial charge in [-0.15, -0.1) is 11.3 Å². The number of benzene rings is 1. The molecule has 4 rings (SSSR count). The van der Waals surface area contributed by atoms with E-state index < -0.39 is 0 Å². The third-order valence-electron chi connectivity index (χ3n) is 5.01. The van der Waals surface area contributed by atoms with Gasteiger partial charge in [-0.3, -0.25) is 4.79 Å². The Morgan fingerprint density at radius 1 is 1.19 bits per heavy atom. The van der Waals surface area contributed by atoms with Crippen LogP contribution in [0.1, 0.15) is 31.7 Å². The minimum atomic E-state index is 0.0896. The topological polar surface area (TPSA) is 38.1 Å². The lowest BCUT2D eigenvalue weighted by Crippen LogP contribution is -2.41. The standard InChI is InChI=1S/C22H23N3OS/c1-17-8-5-6-14-24(17)21(26)13-12-18-16-25(19-9-3-2-4-10-19)23-22(18)20-11-7-15-27-20/h2-4,7,9-13,15-17H,5-6,8,14H2,1H3/b13-12+/t17-/m0/s1. The van der Waals surface area contributed by atoms with Crippen molar-refractivity contribution in [2.24, 2.45) is 0 Å². The van der Waals surface area contributed by atoms with E-state index in [9.17, 15) is 4.79 Å². The minimum Gasteiger partial charge on any atom is -0.336 e. The van der Waals surface area contributed by atoms with E-state index in [2.05, 4.69) is 13.0 Å². The number of rotatable bonds is 4. The molecule has 3 heterocycles. The van der Waals surface area contributed by atoms with Crippen molar-refractivity contribution in [1.29, 1.82) is 0 Å². The number of para-hydroxylation sites is 1. The van der Waals surface area contributed by atoms with Crippen LogP contribution in [0, 0.1) is 0 Å². The lowest BCUT2D eigenvalue weighted by Gasteiger charge is -2.32. The number of carbonyl (C=O) groups excluding carboxylic acids is 1. The predicted molar refractivity (Wildman–Crippen MR) is 111 cm³/mol. The van der Waals surface area contributed by atoms with Gasteiger partial charge in [-0.2, -0.15) is 5.10 Å². The number of thiophene rings is 1. The Labute approximate surface area is 163 Å². The third-order valence-corrected chi connectivity index (χ3v) is 5.89. The van der Waals surface area contributed by atoms with Gasteiger partial charge in [0.1, 0.15) is 5.69 Å². The van der Waals surface area contributed by atoms with E-state index >= 15 is 0 Å². The summed E-state index contributed by atoms with van der Waals surface area (Å²) in [6, 6.07) is 14.5. The van der Waals surface area contributed by atoms with Gasteiger partial charge in [-0.05, 0) is 55.8 Å². The molecule has 1 amide bonds. The Bertz CT molecular complexity index is 928. The number of hydrogen-bond donors (Lipinski definition) is 0. The molecule has 2 aromatic heterocycles. The van der Waals surface area contributed by atoms with E-state index in [1.165, 1.54) is 6.42 Å². The monoisotopic (exact) mass is 377 g/mol. The van der Waals surface area contributed by atoms with Crippen LogP contribution in [0.4, 0.5) is 0 Å². The number of aromatic nitrogens is 2. The predicted octanol–water partition coefficient (Wildman–Crippen LogP) is 5.02. The number of amides is 1. The molecule has 3 aromatic rings. The minimum absolute atomic E-state index is 0.0896. The molecule has 1 saturated heterocycles. The maximum absolute atomic E-state index is 12.7. The van der Waals surface area contributed by atoms with Gasteiger partial charge >= 0.3 is 0 Å². The quantitative estimate of drug-likeness (QED) is 0.599. The van der Waals surface area contributed by atoms with Crippen molar-refractivity contribution < 1.29 is 4.79 Å². The first-order valence-corrected chi connectivity index (χ1v) is 10.3. The largest absolute Gasteiger partial charge is 0.336 e. The Morgan fingerprint density at radius 2 is 2.04 bits per heavy atom. The van der Waals surface area contributed by atoms with Crippen LogP contribution >= 0.6 is 11.3 Å². The Morgan fingerprint density at radius 3 is 2.78 bits per heavy atom. The number of hydrogen-bond acceptors (Lipinski definition) is 3. The zero-order chi connectivity index (χ0) is 18.6. The summed E-state index contributed by atoms with van der Waals surface area (Å²) in [6.07, 6.45) is 8.99. The fourth-order valence-electron chi connectivity index (χ4n) is 3.51. The fourth-order valence-corrected chi connectivity index (χ4v) is 4.24. The molecule has 0 bridgehead atoms. The van der Waals surface area contributed by atoms with E-state index in [1.807, 2.05) is 63.6 Å². The van der Waals surface area contributed by atoms with Crippen LogP contribution < -0.4 is 0 Å². The highest BCUT2D eigenvalue weighted by molar-refractivity contribution is 7.13. The zero-order valence-corrected chi connectivity index (χ0v) is 16.2. The molecule has 0 radical (unpaired) electrons. The van der Waals surface area contributed by atoms with E-state index in [4.69, 9.17) is 5.10 Å². The first-order valence-electron chi connectivity index (χ1n) is 9.40. The number of piperidine rings is 1. The van der Waals surface area contributed by atoms with Crippen LogP contribution in [-0.2, 0) is 4.79 Å². The Kier molecular flexibility index (Phi) is 5.21. The van der Waals surface area contributed by atoms with Gasteiger partial charge in [0, 0.05) is 30.4 Å². The van der Waals surface area contributed by atoms with Gasteiger partial charge in [-0.1, -0.05) is 24.3 Å². The number of likely N-dealkylation sites (tertiary alicyclic amines) is 1. The Balaban J connectivity index is 1.65. The second-order valence-corrected chi connectivity index (χ2v) is 7.85. The molecule has 0 N–H and O–H groups in total. The van der Waals surface area contributed by atoms with Crippen molar-refractivity contribution >= 4 is 23.3 Å². The smallest absolute Gasteiger partial charge is 0.246 e. The zero-order valence-electron chi connectivity index (χ0n) is 15.4. The van der Waals surface area contributed by atoms with Gasteiger partial charge in [0.05, 0.1) is 10.6 Å². The molecule has 1 aliphatic heterocycles. The highest BCUT2D eigenvalue weighted by Crippen LogP contribution is 2.28. The third kappa shape index (κ3) is 3.88. The van der Waals surface area contributed by atoms with Crippen LogP contribution in [0.5, 0.6) is 0 Å². The molecule has 4 nitrogen and oxygen atoms in total. The highest BCUT2D eigenvalue weighted by atomic mass is 32.1. The van der Waals surface area contributed by atoms with Crippen molar-refractivity contribution in [3.05, 3.63) is 65.7 Å². The van der Waals surface area contributed by atoms with Crippen molar-refractivity contribution in [3.63, 3.8) is 0 Å². The van der Waals surface area contributed by atoms with Crippen molar-refractivity contribution in [1.82, 2.24) is 14.7 Å². The summed E-state index contributed by atoms with van der Waals surface area (Å²) in [7, 11) is 0. The van der Waals surface area contributed by atoms with Crippen LogP contribution in [0.15, 0.2) is 60.1 Å². The first-order chi connectivity index (χ1) is 13.2.